The second kappa shape index (κ2) is 8.08. The van der Waals surface area contributed by atoms with E-state index in [2.05, 4.69) is 4.98 Å². The lowest BCUT2D eigenvalue weighted by Crippen LogP contribution is -2.16. The number of hydrogen-bond acceptors (Lipinski definition) is 5. The van der Waals surface area contributed by atoms with Crippen molar-refractivity contribution in [1.29, 1.82) is 0 Å². The van der Waals surface area contributed by atoms with Crippen LogP contribution in [0.25, 0.3) is 0 Å². The van der Waals surface area contributed by atoms with E-state index in [1.807, 2.05) is 0 Å². The lowest BCUT2D eigenvalue weighted by Gasteiger charge is -2.06. The number of aromatic amines is 1. The molecule has 0 saturated heterocycles. The highest BCUT2D eigenvalue weighted by molar-refractivity contribution is 5.93. The summed E-state index contributed by atoms with van der Waals surface area (Å²) in [4.78, 5) is 37.1. The van der Waals surface area contributed by atoms with Crippen molar-refractivity contribution in [3.8, 4) is 0 Å². The Balaban J connectivity index is 2.86. The maximum Gasteiger partial charge on any atom is 0.310 e. The van der Waals surface area contributed by atoms with Gasteiger partial charge in [0.05, 0.1) is 19.6 Å². The van der Waals surface area contributed by atoms with Crippen molar-refractivity contribution in [2.24, 2.45) is 5.73 Å². The standard InChI is InChI=1S/C14H20N2O5/c1-3-20-11(17)6-5-10-9(7-12(18)21-4-2)8-16-13(10)14(15)19/h8,16H,3-7H2,1-2H3,(H2,15,19). The van der Waals surface area contributed by atoms with Gasteiger partial charge in [-0.25, -0.2) is 0 Å². The third-order valence-corrected chi connectivity index (χ3v) is 2.85. The van der Waals surface area contributed by atoms with Crippen molar-refractivity contribution in [3.63, 3.8) is 0 Å². The molecule has 1 heterocycles. The van der Waals surface area contributed by atoms with Gasteiger partial charge in [0, 0.05) is 12.6 Å². The van der Waals surface area contributed by atoms with Gasteiger partial charge in [-0.1, -0.05) is 0 Å². The first kappa shape index (κ1) is 16.7. The normalized spacial score (nSPS) is 10.2. The summed E-state index contributed by atoms with van der Waals surface area (Å²) in [7, 11) is 0. The minimum Gasteiger partial charge on any atom is -0.466 e. The Morgan fingerprint density at radius 1 is 1.14 bits per heavy atom. The minimum atomic E-state index is -0.635. The van der Waals surface area contributed by atoms with Crippen LogP contribution in [0.5, 0.6) is 0 Å². The summed E-state index contributed by atoms with van der Waals surface area (Å²) in [5.41, 5.74) is 6.65. The van der Waals surface area contributed by atoms with Gasteiger partial charge >= 0.3 is 11.9 Å². The molecule has 0 saturated carbocycles. The molecule has 116 valence electrons. The number of primary amides is 1. The zero-order valence-corrected chi connectivity index (χ0v) is 12.2. The number of carbonyl (C=O) groups excluding carboxylic acids is 3. The van der Waals surface area contributed by atoms with E-state index in [9.17, 15) is 14.4 Å². The van der Waals surface area contributed by atoms with Crippen molar-refractivity contribution in [2.75, 3.05) is 13.2 Å². The molecule has 0 unspecified atom stereocenters. The largest absolute Gasteiger partial charge is 0.466 e. The average Bonchev–Trinajstić information content (AvgIpc) is 2.80. The van der Waals surface area contributed by atoms with Crippen molar-refractivity contribution < 1.29 is 23.9 Å². The molecule has 1 amide bonds. The Kier molecular flexibility index (Phi) is 6.45. The van der Waals surface area contributed by atoms with E-state index >= 15 is 0 Å². The third kappa shape index (κ3) is 4.94. The maximum absolute atomic E-state index is 11.5. The Bertz CT molecular complexity index is 521. The van der Waals surface area contributed by atoms with Crippen LogP contribution in [-0.2, 0) is 31.9 Å². The van der Waals surface area contributed by atoms with Gasteiger partial charge in [-0.2, -0.15) is 0 Å². The Hall–Kier alpha value is -2.31. The SMILES string of the molecule is CCOC(=O)CCc1c(CC(=O)OCC)c[nH]c1C(N)=O. The summed E-state index contributed by atoms with van der Waals surface area (Å²) in [6.45, 7) is 4.01. The van der Waals surface area contributed by atoms with Crippen molar-refractivity contribution in [2.45, 2.75) is 33.1 Å². The molecule has 21 heavy (non-hydrogen) atoms. The van der Waals surface area contributed by atoms with Crippen LogP contribution in [0, 0.1) is 0 Å². The van der Waals surface area contributed by atoms with Gasteiger partial charge < -0.3 is 20.2 Å². The summed E-state index contributed by atoms with van der Waals surface area (Å²) < 4.78 is 9.72. The predicted octanol–water partition coefficient (Wildman–Crippen LogP) is 0.715. The predicted molar refractivity (Wildman–Crippen MR) is 74.6 cm³/mol. The molecule has 0 aliphatic heterocycles. The lowest BCUT2D eigenvalue weighted by atomic mass is 10.0. The molecule has 0 spiro atoms. The quantitative estimate of drug-likeness (QED) is 0.686. The topological polar surface area (TPSA) is 111 Å². The first-order valence-corrected chi connectivity index (χ1v) is 6.79. The Morgan fingerprint density at radius 3 is 2.33 bits per heavy atom. The molecule has 3 N–H and O–H groups in total. The van der Waals surface area contributed by atoms with E-state index in [1.54, 1.807) is 13.8 Å². The molecule has 7 nitrogen and oxygen atoms in total. The Labute approximate surface area is 122 Å². The smallest absolute Gasteiger partial charge is 0.310 e. The van der Waals surface area contributed by atoms with E-state index < -0.39 is 11.9 Å². The first-order chi connectivity index (χ1) is 9.99. The summed E-state index contributed by atoms with van der Waals surface area (Å²) >= 11 is 0. The molecule has 0 aliphatic rings. The number of H-pyrrole nitrogens is 1. The van der Waals surface area contributed by atoms with Gasteiger partial charge in [-0.05, 0) is 31.4 Å². The molecule has 1 rings (SSSR count). The van der Waals surface area contributed by atoms with E-state index in [0.29, 0.717) is 17.7 Å². The fraction of sp³-hybridized carbons (Fsp3) is 0.500. The number of aromatic nitrogens is 1. The van der Waals surface area contributed by atoms with Crippen LogP contribution in [-0.4, -0.2) is 36.0 Å². The number of nitrogens with two attached hydrogens (primary N) is 1. The van der Waals surface area contributed by atoms with Crippen LogP contribution in [0.4, 0.5) is 0 Å². The third-order valence-electron chi connectivity index (χ3n) is 2.85. The number of amides is 1. The second-order valence-corrected chi connectivity index (χ2v) is 4.32. The molecule has 0 bridgehead atoms. The van der Waals surface area contributed by atoms with E-state index in [-0.39, 0.29) is 37.5 Å². The fourth-order valence-electron chi connectivity index (χ4n) is 1.98. The Morgan fingerprint density at radius 2 is 1.76 bits per heavy atom. The van der Waals surface area contributed by atoms with Crippen LogP contribution >= 0.6 is 0 Å². The van der Waals surface area contributed by atoms with Crippen LogP contribution in [0.1, 0.15) is 41.9 Å². The van der Waals surface area contributed by atoms with Gasteiger partial charge in [0.1, 0.15) is 5.69 Å². The van der Waals surface area contributed by atoms with Crippen LogP contribution in [0.2, 0.25) is 0 Å². The van der Waals surface area contributed by atoms with Crippen LogP contribution < -0.4 is 5.73 Å². The molecule has 0 radical (unpaired) electrons. The van der Waals surface area contributed by atoms with Gasteiger partial charge in [0.25, 0.3) is 5.91 Å². The van der Waals surface area contributed by atoms with E-state index in [1.165, 1.54) is 6.20 Å². The molecule has 1 aromatic heterocycles. The lowest BCUT2D eigenvalue weighted by molar-refractivity contribution is -0.143. The van der Waals surface area contributed by atoms with Crippen LogP contribution in [0.15, 0.2) is 6.20 Å². The summed E-state index contributed by atoms with van der Waals surface area (Å²) in [6.07, 6.45) is 1.95. The van der Waals surface area contributed by atoms with Gasteiger partial charge in [-0.15, -0.1) is 0 Å². The highest BCUT2D eigenvalue weighted by Crippen LogP contribution is 2.18. The second-order valence-electron chi connectivity index (χ2n) is 4.32. The molecule has 0 aromatic carbocycles. The fourth-order valence-corrected chi connectivity index (χ4v) is 1.98. The van der Waals surface area contributed by atoms with Crippen molar-refractivity contribution in [3.05, 3.63) is 23.0 Å². The number of carbonyl (C=O) groups is 3. The highest BCUT2D eigenvalue weighted by Gasteiger charge is 2.19. The molecular formula is C14H20N2O5. The van der Waals surface area contributed by atoms with Gasteiger partial charge in [0.15, 0.2) is 0 Å². The van der Waals surface area contributed by atoms with E-state index in [0.717, 1.165) is 0 Å². The summed E-state index contributed by atoms with van der Waals surface area (Å²) in [5.74, 6) is -1.40. The van der Waals surface area contributed by atoms with Gasteiger partial charge in [-0.3, -0.25) is 14.4 Å². The first-order valence-electron chi connectivity index (χ1n) is 6.79. The molecular weight excluding hydrogens is 276 g/mol. The average molecular weight is 296 g/mol. The molecule has 7 heteroatoms. The number of nitrogens with one attached hydrogen (secondary N) is 1. The van der Waals surface area contributed by atoms with Gasteiger partial charge in [0.2, 0.25) is 0 Å². The minimum absolute atomic E-state index is 0.0236. The summed E-state index contributed by atoms with van der Waals surface area (Å²) in [6, 6.07) is 0. The zero-order valence-electron chi connectivity index (χ0n) is 12.2. The molecule has 0 aliphatic carbocycles. The van der Waals surface area contributed by atoms with Crippen molar-refractivity contribution in [1.82, 2.24) is 4.98 Å². The van der Waals surface area contributed by atoms with Crippen molar-refractivity contribution >= 4 is 17.8 Å². The zero-order chi connectivity index (χ0) is 15.8. The maximum atomic E-state index is 11.5. The molecule has 1 aromatic rings. The highest BCUT2D eigenvalue weighted by atomic mass is 16.5. The number of ether oxygens (including phenoxy) is 2. The monoisotopic (exact) mass is 296 g/mol. The molecule has 0 atom stereocenters. The van der Waals surface area contributed by atoms with Crippen LogP contribution in [0.3, 0.4) is 0 Å². The van der Waals surface area contributed by atoms with E-state index in [4.69, 9.17) is 15.2 Å². The molecule has 0 fully saturated rings. The number of esters is 2. The summed E-state index contributed by atoms with van der Waals surface area (Å²) in [5, 5.41) is 0. The number of hydrogen-bond donors (Lipinski definition) is 2. The number of rotatable bonds is 8.